The highest BCUT2D eigenvalue weighted by Crippen LogP contribution is 2.27. The highest BCUT2D eigenvalue weighted by molar-refractivity contribution is 5.90. The van der Waals surface area contributed by atoms with Gasteiger partial charge in [-0.1, -0.05) is 12.8 Å². The summed E-state index contributed by atoms with van der Waals surface area (Å²) >= 11 is 0. The van der Waals surface area contributed by atoms with Crippen molar-refractivity contribution in [2.24, 2.45) is 0 Å². The van der Waals surface area contributed by atoms with Crippen LogP contribution in [0.1, 0.15) is 32.1 Å². The Morgan fingerprint density at radius 2 is 2.09 bits per heavy atom. The Bertz CT molecular complexity index is 660. The summed E-state index contributed by atoms with van der Waals surface area (Å²) in [6, 6.07) is 2.99. The third-order valence-electron chi connectivity index (χ3n) is 4.18. The van der Waals surface area contributed by atoms with E-state index < -0.39 is 5.82 Å². The van der Waals surface area contributed by atoms with Gasteiger partial charge in [0, 0.05) is 24.6 Å². The summed E-state index contributed by atoms with van der Waals surface area (Å²) in [6.45, 7) is 1.50. The molecule has 0 saturated heterocycles. The van der Waals surface area contributed by atoms with Crippen LogP contribution in [0.4, 0.5) is 10.2 Å². The largest absolute Gasteiger partial charge is 0.494 e. The fourth-order valence-electron chi connectivity index (χ4n) is 2.94. The maximum Gasteiger partial charge on any atom is 0.167 e. The van der Waals surface area contributed by atoms with Crippen molar-refractivity contribution in [2.75, 3.05) is 25.6 Å². The first-order valence-corrected chi connectivity index (χ1v) is 8.11. The van der Waals surface area contributed by atoms with Crippen LogP contribution in [0, 0.1) is 5.82 Å². The summed E-state index contributed by atoms with van der Waals surface area (Å²) in [7, 11) is 1.45. The predicted molar refractivity (Wildman–Crippen MR) is 87.4 cm³/mol. The molecule has 1 aromatic heterocycles. The van der Waals surface area contributed by atoms with Gasteiger partial charge in [0.1, 0.15) is 12.1 Å². The number of aromatic nitrogens is 2. The number of hydrogen-bond donors (Lipinski definition) is 1. The number of benzene rings is 1. The van der Waals surface area contributed by atoms with Crippen LogP contribution >= 0.6 is 0 Å². The topological polar surface area (TPSA) is 56.3 Å². The van der Waals surface area contributed by atoms with Gasteiger partial charge < -0.3 is 14.8 Å². The number of methoxy groups -OCH3 is 1. The van der Waals surface area contributed by atoms with E-state index in [4.69, 9.17) is 9.47 Å². The van der Waals surface area contributed by atoms with Crippen molar-refractivity contribution in [2.45, 2.75) is 38.2 Å². The van der Waals surface area contributed by atoms with Crippen molar-refractivity contribution >= 4 is 16.7 Å². The lowest BCUT2D eigenvalue weighted by molar-refractivity contribution is 0.0583. The second-order valence-corrected chi connectivity index (χ2v) is 5.78. The Kier molecular flexibility index (Phi) is 5.23. The lowest BCUT2D eigenvalue weighted by atomic mass is 10.2. The number of fused-ring (bicyclic) bond motifs is 1. The van der Waals surface area contributed by atoms with E-state index in [1.165, 1.54) is 45.2 Å². The van der Waals surface area contributed by atoms with Gasteiger partial charge >= 0.3 is 0 Å². The second kappa shape index (κ2) is 7.55. The Morgan fingerprint density at radius 1 is 1.26 bits per heavy atom. The zero-order chi connectivity index (χ0) is 16.1. The SMILES string of the molecule is COc1cc2c(NCCCOC3CCCC3)ncnc2cc1F. The smallest absolute Gasteiger partial charge is 0.167 e. The molecule has 2 aromatic rings. The van der Waals surface area contributed by atoms with Crippen LogP contribution in [0.25, 0.3) is 10.9 Å². The number of rotatable bonds is 7. The van der Waals surface area contributed by atoms with Gasteiger partial charge in [-0.3, -0.25) is 0 Å². The van der Waals surface area contributed by atoms with Crippen LogP contribution in [0.2, 0.25) is 0 Å². The number of anilines is 1. The van der Waals surface area contributed by atoms with Crippen molar-refractivity contribution < 1.29 is 13.9 Å². The molecule has 6 heteroatoms. The quantitative estimate of drug-likeness (QED) is 0.791. The summed E-state index contributed by atoms with van der Waals surface area (Å²) < 4.78 is 24.6. The fraction of sp³-hybridized carbons (Fsp3) is 0.529. The van der Waals surface area contributed by atoms with Crippen LogP contribution in [-0.2, 0) is 4.74 Å². The van der Waals surface area contributed by atoms with Gasteiger partial charge in [0.15, 0.2) is 11.6 Å². The summed E-state index contributed by atoms with van der Waals surface area (Å²) in [5.41, 5.74) is 0.558. The predicted octanol–water partition coefficient (Wildman–Crippen LogP) is 3.54. The van der Waals surface area contributed by atoms with E-state index in [1.807, 2.05) is 0 Å². The van der Waals surface area contributed by atoms with Gasteiger partial charge in [-0.05, 0) is 25.3 Å². The van der Waals surface area contributed by atoms with E-state index in [9.17, 15) is 4.39 Å². The molecule has 0 radical (unpaired) electrons. The van der Waals surface area contributed by atoms with Crippen molar-refractivity contribution in [3.8, 4) is 5.75 Å². The molecule has 1 fully saturated rings. The fourth-order valence-corrected chi connectivity index (χ4v) is 2.94. The number of ether oxygens (including phenoxy) is 2. The monoisotopic (exact) mass is 319 g/mol. The number of nitrogens with zero attached hydrogens (tertiary/aromatic N) is 2. The van der Waals surface area contributed by atoms with Crippen LogP contribution in [-0.4, -0.2) is 36.3 Å². The van der Waals surface area contributed by atoms with Gasteiger partial charge in [-0.25, -0.2) is 14.4 Å². The molecule has 23 heavy (non-hydrogen) atoms. The molecule has 1 heterocycles. The highest BCUT2D eigenvalue weighted by Gasteiger charge is 2.14. The Balaban J connectivity index is 1.58. The molecule has 1 saturated carbocycles. The lowest BCUT2D eigenvalue weighted by Crippen LogP contribution is -2.12. The minimum absolute atomic E-state index is 0.194. The number of hydrogen-bond acceptors (Lipinski definition) is 5. The molecule has 3 rings (SSSR count). The van der Waals surface area contributed by atoms with E-state index in [1.54, 1.807) is 6.07 Å². The molecule has 0 spiro atoms. The van der Waals surface area contributed by atoms with Crippen molar-refractivity contribution in [1.29, 1.82) is 0 Å². The zero-order valence-electron chi connectivity index (χ0n) is 13.3. The third-order valence-corrected chi connectivity index (χ3v) is 4.18. The Morgan fingerprint density at radius 3 is 2.87 bits per heavy atom. The number of halogens is 1. The van der Waals surface area contributed by atoms with Gasteiger partial charge in [-0.2, -0.15) is 0 Å². The molecule has 0 atom stereocenters. The van der Waals surface area contributed by atoms with Crippen LogP contribution < -0.4 is 10.1 Å². The highest BCUT2D eigenvalue weighted by atomic mass is 19.1. The van der Waals surface area contributed by atoms with E-state index in [2.05, 4.69) is 15.3 Å². The number of nitrogens with one attached hydrogen (secondary N) is 1. The molecule has 124 valence electrons. The summed E-state index contributed by atoms with van der Waals surface area (Å²) in [5.74, 6) is 0.462. The summed E-state index contributed by atoms with van der Waals surface area (Å²) in [4.78, 5) is 8.35. The van der Waals surface area contributed by atoms with E-state index >= 15 is 0 Å². The first kappa shape index (κ1) is 15.9. The average molecular weight is 319 g/mol. The maximum atomic E-state index is 13.7. The van der Waals surface area contributed by atoms with Crippen molar-refractivity contribution in [3.63, 3.8) is 0 Å². The molecule has 0 bridgehead atoms. The van der Waals surface area contributed by atoms with E-state index in [-0.39, 0.29) is 5.75 Å². The zero-order valence-corrected chi connectivity index (χ0v) is 13.3. The van der Waals surface area contributed by atoms with Gasteiger partial charge in [0.2, 0.25) is 0 Å². The van der Waals surface area contributed by atoms with Gasteiger partial charge in [0.25, 0.3) is 0 Å². The maximum absolute atomic E-state index is 13.7. The lowest BCUT2D eigenvalue weighted by Gasteiger charge is -2.12. The average Bonchev–Trinajstić information content (AvgIpc) is 3.07. The molecule has 1 aliphatic rings. The van der Waals surface area contributed by atoms with Gasteiger partial charge in [-0.15, -0.1) is 0 Å². The molecule has 0 unspecified atom stereocenters. The third kappa shape index (κ3) is 3.88. The minimum atomic E-state index is -0.422. The molecule has 0 amide bonds. The van der Waals surface area contributed by atoms with E-state index in [0.717, 1.165) is 25.0 Å². The van der Waals surface area contributed by atoms with Crippen LogP contribution in [0.5, 0.6) is 5.75 Å². The standard InChI is InChI=1S/C17H22FN3O2/c1-22-16-9-13-15(10-14(16)18)20-11-21-17(13)19-7-4-8-23-12-5-2-3-6-12/h9-12H,2-8H2,1H3,(H,19,20,21). The molecular weight excluding hydrogens is 297 g/mol. The first-order valence-electron chi connectivity index (χ1n) is 8.11. The molecule has 1 aromatic carbocycles. The molecule has 1 N–H and O–H groups in total. The Hall–Kier alpha value is -1.95. The molecule has 1 aliphatic carbocycles. The minimum Gasteiger partial charge on any atom is -0.494 e. The molecule has 0 aliphatic heterocycles. The summed E-state index contributed by atoms with van der Waals surface area (Å²) in [5, 5.41) is 4.03. The van der Waals surface area contributed by atoms with E-state index in [0.29, 0.717) is 17.4 Å². The Labute approximate surface area is 135 Å². The first-order chi connectivity index (χ1) is 11.3. The van der Waals surface area contributed by atoms with Crippen molar-refractivity contribution in [1.82, 2.24) is 9.97 Å². The second-order valence-electron chi connectivity index (χ2n) is 5.78. The van der Waals surface area contributed by atoms with Crippen LogP contribution in [0.15, 0.2) is 18.5 Å². The normalized spacial score (nSPS) is 15.2. The molecule has 5 nitrogen and oxygen atoms in total. The van der Waals surface area contributed by atoms with Gasteiger partial charge in [0.05, 0.1) is 18.7 Å². The van der Waals surface area contributed by atoms with Crippen molar-refractivity contribution in [3.05, 3.63) is 24.3 Å². The molecular formula is C17H22FN3O2. The van der Waals surface area contributed by atoms with Crippen LogP contribution in [0.3, 0.4) is 0 Å². The summed E-state index contributed by atoms with van der Waals surface area (Å²) in [6.07, 6.45) is 7.74.